The largest absolute Gasteiger partial charge is 0.480 e. The lowest BCUT2D eigenvalue weighted by atomic mass is 10.2. The van der Waals surface area contributed by atoms with Crippen LogP contribution in [0.5, 0.6) is 0 Å². The predicted octanol–water partition coefficient (Wildman–Crippen LogP) is 1.91. The summed E-state index contributed by atoms with van der Waals surface area (Å²) in [6, 6.07) is 2.95. The number of carbonyl (C=O) groups is 1. The summed E-state index contributed by atoms with van der Waals surface area (Å²) in [5.41, 5.74) is 0.203. The minimum absolute atomic E-state index is 0.203. The average Bonchev–Trinajstić information content (AvgIpc) is 2.63. The minimum Gasteiger partial charge on any atom is -0.480 e. The van der Waals surface area contributed by atoms with Crippen molar-refractivity contribution in [2.24, 2.45) is 0 Å². The summed E-state index contributed by atoms with van der Waals surface area (Å²) in [4.78, 5) is 14.5. The van der Waals surface area contributed by atoms with E-state index in [1.54, 1.807) is 0 Å². The van der Waals surface area contributed by atoms with Gasteiger partial charge in [0.25, 0.3) is 0 Å². The van der Waals surface area contributed by atoms with Gasteiger partial charge in [0.2, 0.25) is 0 Å². The number of hydrogen-bond acceptors (Lipinski definition) is 2. The summed E-state index contributed by atoms with van der Waals surface area (Å²) in [6.45, 7) is -0.312. The molecule has 4 nitrogen and oxygen atoms in total. The molecule has 0 aliphatic heterocycles. The molecule has 0 saturated carbocycles. The standard InChI is InChI=1S/C11H8F2N2O2/c12-8-3-7(4-9(13)5-8)11-14-1-2-15(11)6-10(16)17/h1-5H,6H2,(H,16,17). The molecule has 1 aromatic carbocycles. The quantitative estimate of drug-likeness (QED) is 0.888. The molecular weight excluding hydrogens is 230 g/mol. The highest BCUT2D eigenvalue weighted by Crippen LogP contribution is 2.20. The first-order valence-electron chi connectivity index (χ1n) is 4.75. The summed E-state index contributed by atoms with van der Waals surface area (Å²) in [5, 5.41) is 8.67. The third kappa shape index (κ3) is 2.47. The van der Waals surface area contributed by atoms with Crippen molar-refractivity contribution in [1.29, 1.82) is 0 Å². The molecule has 1 N–H and O–H groups in total. The van der Waals surface area contributed by atoms with E-state index in [2.05, 4.69) is 4.98 Å². The second-order valence-electron chi connectivity index (χ2n) is 3.43. The zero-order chi connectivity index (χ0) is 12.4. The first-order chi connectivity index (χ1) is 8.06. The molecule has 6 heteroatoms. The van der Waals surface area contributed by atoms with Gasteiger partial charge in [-0.2, -0.15) is 0 Å². The smallest absolute Gasteiger partial charge is 0.323 e. The van der Waals surface area contributed by atoms with Crippen molar-refractivity contribution in [3.05, 3.63) is 42.2 Å². The van der Waals surface area contributed by atoms with Crippen LogP contribution in [0.1, 0.15) is 0 Å². The lowest BCUT2D eigenvalue weighted by Crippen LogP contribution is -2.09. The normalized spacial score (nSPS) is 10.5. The van der Waals surface area contributed by atoms with Crippen molar-refractivity contribution in [3.8, 4) is 11.4 Å². The first kappa shape index (κ1) is 11.3. The van der Waals surface area contributed by atoms with Gasteiger partial charge in [0.15, 0.2) is 0 Å². The molecule has 2 rings (SSSR count). The molecule has 0 aliphatic carbocycles. The highest BCUT2D eigenvalue weighted by molar-refractivity contribution is 5.68. The number of aliphatic carboxylic acids is 1. The van der Waals surface area contributed by atoms with Crippen molar-refractivity contribution >= 4 is 5.97 Å². The minimum atomic E-state index is -1.05. The van der Waals surface area contributed by atoms with Crippen molar-refractivity contribution in [1.82, 2.24) is 9.55 Å². The molecule has 1 aromatic heterocycles. The third-order valence-corrected chi connectivity index (χ3v) is 2.14. The summed E-state index contributed by atoms with van der Waals surface area (Å²) in [6.07, 6.45) is 2.81. The van der Waals surface area contributed by atoms with Crippen molar-refractivity contribution in [2.75, 3.05) is 0 Å². The highest BCUT2D eigenvalue weighted by atomic mass is 19.1. The molecule has 0 unspecified atom stereocenters. The van der Waals surface area contributed by atoms with E-state index in [4.69, 9.17) is 5.11 Å². The molecule has 0 amide bonds. The number of benzene rings is 1. The number of imidazole rings is 1. The SMILES string of the molecule is O=C(O)Cn1ccnc1-c1cc(F)cc(F)c1. The van der Waals surface area contributed by atoms with Gasteiger partial charge >= 0.3 is 5.97 Å². The molecule has 0 fully saturated rings. The van der Waals surface area contributed by atoms with Crippen LogP contribution in [0.25, 0.3) is 11.4 Å². The third-order valence-electron chi connectivity index (χ3n) is 2.14. The molecule has 17 heavy (non-hydrogen) atoms. The molecule has 88 valence electrons. The Labute approximate surface area is 95.1 Å². The Kier molecular flexibility index (Phi) is 2.86. The maximum atomic E-state index is 13.0. The molecule has 1 heterocycles. The van der Waals surface area contributed by atoms with E-state index in [-0.39, 0.29) is 17.9 Å². The fraction of sp³-hybridized carbons (Fsp3) is 0.0909. The fourth-order valence-electron chi connectivity index (χ4n) is 1.53. The number of nitrogens with zero attached hydrogens (tertiary/aromatic N) is 2. The zero-order valence-corrected chi connectivity index (χ0v) is 8.60. The molecule has 0 atom stereocenters. The first-order valence-corrected chi connectivity index (χ1v) is 4.75. The second kappa shape index (κ2) is 4.32. The lowest BCUT2D eigenvalue weighted by Gasteiger charge is -2.05. The van der Waals surface area contributed by atoms with Crippen LogP contribution in [0.2, 0.25) is 0 Å². The van der Waals surface area contributed by atoms with Crippen LogP contribution in [0.3, 0.4) is 0 Å². The van der Waals surface area contributed by atoms with Gasteiger partial charge < -0.3 is 9.67 Å². The van der Waals surface area contributed by atoms with Gasteiger partial charge in [0.05, 0.1) is 0 Å². The van der Waals surface area contributed by atoms with Gasteiger partial charge in [-0.3, -0.25) is 4.79 Å². The molecular formula is C11H8F2N2O2. The van der Waals surface area contributed by atoms with E-state index < -0.39 is 17.6 Å². The van der Waals surface area contributed by atoms with Crippen molar-refractivity contribution in [2.45, 2.75) is 6.54 Å². The Morgan fingerprint density at radius 3 is 2.53 bits per heavy atom. The van der Waals surface area contributed by atoms with E-state index in [0.717, 1.165) is 18.2 Å². The fourth-order valence-corrected chi connectivity index (χ4v) is 1.53. The van der Waals surface area contributed by atoms with E-state index >= 15 is 0 Å². The van der Waals surface area contributed by atoms with Gasteiger partial charge in [-0.1, -0.05) is 0 Å². The number of carboxylic acid groups (broad SMARTS) is 1. The van der Waals surface area contributed by atoms with Crippen LogP contribution in [-0.4, -0.2) is 20.6 Å². The second-order valence-corrected chi connectivity index (χ2v) is 3.43. The van der Waals surface area contributed by atoms with Crippen molar-refractivity contribution < 1.29 is 18.7 Å². The monoisotopic (exact) mass is 238 g/mol. The summed E-state index contributed by atoms with van der Waals surface area (Å²) in [5.74, 6) is -2.30. The Balaban J connectivity index is 2.45. The highest BCUT2D eigenvalue weighted by Gasteiger charge is 2.10. The van der Waals surface area contributed by atoms with Gasteiger partial charge in [-0.05, 0) is 12.1 Å². The topological polar surface area (TPSA) is 55.1 Å². The maximum absolute atomic E-state index is 13.0. The predicted molar refractivity (Wildman–Crippen MR) is 55.2 cm³/mol. The summed E-state index contributed by atoms with van der Waals surface area (Å²) in [7, 11) is 0. The zero-order valence-electron chi connectivity index (χ0n) is 8.60. The van der Waals surface area contributed by atoms with Gasteiger partial charge in [0.1, 0.15) is 24.0 Å². The Hall–Kier alpha value is -2.24. The Bertz CT molecular complexity index is 546. The van der Waals surface area contributed by atoms with Crippen LogP contribution in [0.4, 0.5) is 8.78 Å². The van der Waals surface area contributed by atoms with E-state index in [0.29, 0.717) is 0 Å². The molecule has 0 bridgehead atoms. The number of rotatable bonds is 3. The molecule has 0 spiro atoms. The number of halogens is 2. The van der Waals surface area contributed by atoms with Crippen molar-refractivity contribution in [3.63, 3.8) is 0 Å². The Morgan fingerprint density at radius 2 is 1.94 bits per heavy atom. The van der Waals surface area contributed by atoms with E-state index in [1.807, 2.05) is 0 Å². The average molecular weight is 238 g/mol. The van der Waals surface area contributed by atoms with E-state index in [1.165, 1.54) is 17.0 Å². The van der Waals surface area contributed by atoms with E-state index in [9.17, 15) is 13.6 Å². The molecule has 0 aliphatic rings. The molecule has 0 radical (unpaired) electrons. The van der Waals surface area contributed by atoms with Crippen LogP contribution >= 0.6 is 0 Å². The van der Waals surface area contributed by atoms with Gasteiger partial charge in [0, 0.05) is 24.0 Å². The van der Waals surface area contributed by atoms with Crippen LogP contribution in [0, 0.1) is 11.6 Å². The lowest BCUT2D eigenvalue weighted by molar-refractivity contribution is -0.137. The Morgan fingerprint density at radius 1 is 1.29 bits per heavy atom. The molecule has 0 saturated heterocycles. The van der Waals surface area contributed by atoms with Gasteiger partial charge in [-0.25, -0.2) is 13.8 Å². The van der Waals surface area contributed by atoms with Crippen LogP contribution < -0.4 is 0 Å². The number of aromatic nitrogens is 2. The summed E-state index contributed by atoms with van der Waals surface area (Å²) >= 11 is 0. The number of carboxylic acids is 1. The van der Waals surface area contributed by atoms with Crippen LogP contribution in [0.15, 0.2) is 30.6 Å². The summed E-state index contributed by atoms with van der Waals surface area (Å²) < 4.78 is 27.3. The van der Waals surface area contributed by atoms with Gasteiger partial charge in [-0.15, -0.1) is 0 Å². The van der Waals surface area contributed by atoms with Crippen LogP contribution in [-0.2, 0) is 11.3 Å². The number of hydrogen-bond donors (Lipinski definition) is 1. The maximum Gasteiger partial charge on any atom is 0.323 e. The molecule has 2 aromatic rings.